The lowest BCUT2D eigenvalue weighted by atomic mass is 10.2. The fraction of sp³-hybridized carbons (Fsp3) is 0.250. The Kier molecular flexibility index (Phi) is 4.12. The summed E-state index contributed by atoms with van der Waals surface area (Å²) in [5.74, 6) is 0. The summed E-state index contributed by atoms with van der Waals surface area (Å²) < 4.78 is 25.2. The van der Waals surface area contributed by atoms with Crippen LogP contribution in [0.2, 0.25) is 0 Å². The number of halogens is 4. The van der Waals surface area contributed by atoms with Gasteiger partial charge in [0.05, 0.1) is 11.3 Å². The summed E-state index contributed by atoms with van der Waals surface area (Å²) in [7, 11) is 0. The molecule has 1 rings (SSSR count). The number of hydrogen-bond acceptors (Lipinski definition) is 2. The summed E-state index contributed by atoms with van der Waals surface area (Å²) in [6.45, 7) is 0. The second-order valence-electron chi connectivity index (χ2n) is 2.45. The lowest BCUT2D eigenvalue weighted by molar-refractivity contribution is 0.110. The molecule has 2 nitrogen and oxygen atoms in total. The summed E-state index contributed by atoms with van der Waals surface area (Å²) in [6.07, 6.45) is -2.37. The number of carbonyl (C=O) groups is 1. The summed E-state index contributed by atoms with van der Waals surface area (Å²) in [6, 6.07) is 1.53. The van der Waals surface area contributed by atoms with Gasteiger partial charge in [-0.3, -0.25) is 9.78 Å². The minimum atomic E-state index is -2.74. The number of aromatic nitrogens is 1. The Morgan fingerprint density at radius 3 is 2.64 bits per heavy atom. The zero-order valence-corrected chi connectivity index (χ0v) is 9.98. The number of alkyl halides is 3. The Bertz CT molecular complexity index is 357. The minimum absolute atomic E-state index is 0.0929. The van der Waals surface area contributed by atoms with Gasteiger partial charge in [-0.1, -0.05) is 15.9 Å². The molecule has 0 unspecified atom stereocenters. The fourth-order valence-electron chi connectivity index (χ4n) is 0.945. The van der Waals surface area contributed by atoms with E-state index in [1.54, 1.807) is 0 Å². The quantitative estimate of drug-likeness (QED) is 0.628. The lowest BCUT2D eigenvalue weighted by Gasteiger charge is -2.06. The number of carbonyl (C=O) groups excluding carboxylic acids is 1. The molecule has 1 heterocycles. The smallest absolute Gasteiger partial charge is 0.281 e. The van der Waals surface area contributed by atoms with Crippen LogP contribution in [0.5, 0.6) is 0 Å². The van der Waals surface area contributed by atoms with Gasteiger partial charge in [0, 0.05) is 9.80 Å². The number of rotatable bonds is 3. The third-order valence-corrected chi connectivity index (χ3v) is 2.78. The average molecular weight is 329 g/mol. The van der Waals surface area contributed by atoms with Crippen LogP contribution in [0.4, 0.5) is 8.78 Å². The molecule has 1 aromatic heterocycles. The fourth-order valence-corrected chi connectivity index (χ4v) is 1.79. The van der Waals surface area contributed by atoms with E-state index in [0.717, 1.165) is 0 Å². The van der Waals surface area contributed by atoms with Gasteiger partial charge in [-0.05, 0) is 22.0 Å². The van der Waals surface area contributed by atoms with E-state index in [9.17, 15) is 13.6 Å². The van der Waals surface area contributed by atoms with Crippen LogP contribution in [0.15, 0.2) is 10.5 Å². The molecule has 0 bridgehead atoms. The molecule has 0 saturated heterocycles. The monoisotopic (exact) mass is 327 g/mol. The van der Waals surface area contributed by atoms with Crippen molar-refractivity contribution in [1.29, 1.82) is 0 Å². The molecule has 1 aromatic rings. The molecule has 0 fully saturated rings. The highest BCUT2D eigenvalue weighted by Crippen LogP contribution is 2.27. The van der Waals surface area contributed by atoms with E-state index in [-0.39, 0.29) is 5.56 Å². The molecule has 0 spiro atoms. The summed E-state index contributed by atoms with van der Waals surface area (Å²) in [5.41, 5.74) is -0.119. The summed E-state index contributed by atoms with van der Waals surface area (Å²) in [5, 5.41) is 0.366. The van der Waals surface area contributed by atoms with E-state index in [1.165, 1.54) is 6.07 Å². The van der Waals surface area contributed by atoms with Crippen LogP contribution in [0.1, 0.15) is 28.2 Å². The normalized spacial score (nSPS) is 10.6. The van der Waals surface area contributed by atoms with Crippen molar-refractivity contribution in [2.24, 2.45) is 0 Å². The van der Waals surface area contributed by atoms with Gasteiger partial charge >= 0.3 is 0 Å². The highest BCUT2D eigenvalue weighted by molar-refractivity contribution is 9.10. The van der Waals surface area contributed by atoms with Gasteiger partial charge in [0.1, 0.15) is 5.69 Å². The molecular formula is C8H5Br2F2NO. The molecule has 0 saturated carbocycles. The Hall–Kier alpha value is -0.360. The molecule has 0 atom stereocenters. The van der Waals surface area contributed by atoms with Gasteiger partial charge in [0.2, 0.25) is 0 Å². The number of nitrogens with zero attached hydrogens (tertiary/aromatic N) is 1. The van der Waals surface area contributed by atoms with Crippen LogP contribution in [0, 0.1) is 0 Å². The van der Waals surface area contributed by atoms with E-state index >= 15 is 0 Å². The first-order chi connectivity index (χ1) is 6.60. The summed E-state index contributed by atoms with van der Waals surface area (Å²) >= 11 is 6.15. The number of aldehydes is 1. The van der Waals surface area contributed by atoms with Crippen LogP contribution in [0.3, 0.4) is 0 Å². The van der Waals surface area contributed by atoms with Gasteiger partial charge in [-0.25, -0.2) is 8.78 Å². The van der Waals surface area contributed by atoms with Crippen LogP contribution in [-0.2, 0) is 5.33 Å². The predicted molar refractivity (Wildman–Crippen MR) is 54.9 cm³/mol. The van der Waals surface area contributed by atoms with E-state index in [4.69, 9.17) is 0 Å². The summed E-state index contributed by atoms with van der Waals surface area (Å²) in [4.78, 5) is 14.2. The highest BCUT2D eigenvalue weighted by Gasteiger charge is 2.18. The van der Waals surface area contributed by atoms with Gasteiger partial charge in [-0.2, -0.15) is 0 Å². The van der Waals surface area contributed by atoms with E-state index in [0.29, 0.717) is 21.8 Å². The third kappa shape index (κ3) is 2.36. The van der Waals surface area contributed by atoms with Gasteiger partial charge < -0.3 is 0 Å². The second kappa shape index (κ2) is 4.93. The Morgan fingerprint density at radius 1 is 1.57 bits per heavy atom. The van der Waals surface area contributed by atoms with Gasteiger partial charge in [-0.15, -0.1) is 0 Å². The standard InChI is InChI=1S/C8H5Br2F2NO/c9-2-4-1-6(10)5(3-14)7(13-4)8(11)12/h1,3,8H,2H2. The van der Waals surface area contributed by atoms with Crippen molar-refractivity contribution in [3.05, 3.63) is 27.5 Å². The molecule has 0 radical (unpaired) electrons. The molecule has 0 aliphatic carbocycles. The van der Waals surface area contributed by atoms with E-state index < -0.39 is 12.1 Å². The minimum Gasteiger partial charge on any atom is -0.298 e. The molecule has 6 heteroatoms. The number of pyridine rings is 1. The first-order valence-corrected chi connectivity index (χ1v) is 5.50. The van der Waals surface area contributed by atoms with Crippen molar-refractivity contribution in [3.8, 4) is 0 Å². The van der Waals surface area contributed by atoms with Crippen molar-refractivity contribution in [2.45, 2.75) is 11.8 Å². The highest BCUT2D eigenvalue weighted by atomic mass is 79.9. The molecule has 0 N–H and O–H groups in total. The van der Waals surface area contributed by atoms with E-state index in [1.807, 2.05) is 0 Å². The van der Waals surface area contributed by atoms with Crippen molar-refractivity contribution in [3.63, 3.8) is 0 Å². The van der Waals surface area contributed by atoms with Gasteiger partial charge in [0.25, 0.3) is 6.43 Å². The zero-order chi connectivity index (χ0) is 10.7. The maximum absolute atomic E-state index is 12.5. The van der Waals surface area contributed by atoms with Crippen LogP contribution >= 0.6 is 31.9 Å². The molecule has 0 aromatic carbocycles. The molecule has 14 heavy (non-hydrogen) atoms. The Morgan fingerprint density at radius 2 is 2.21 bits per heavy atom. The van der Waals surface area contributed by atoms with Gasteiger partial charge in [0.15, 0.2) is 6.29 Å². The van der Waals surface area contributed by atoms with Crippen LogP contribution < -0.4 is 0 Å². The maximum atomic E-state index is 12.5. The van der Waals surface area contributed by atoms with E-state index in [2.05, 4.69) is 36.8 Å². The van der Waals surface area contributed by atoms with Crippen molar-refractivity contribution in [2.75, 3.05) is 0 Å². The molecule has 76 valence electrons. The first kappa shape index (κ1) is 11.7. The third-order valence-electron chi connectivity index (χ3n) is 1.55. The Labute approximate surface area is 96.0 Å². The zero-order valence-electron chi connectivity index (χ0n) is 6.81. The molecule has 0 aliphatic heterocycles. The molecular weight excluding hydrogens is 324 g/mol. The van der Waals surface area contributed by atoms with Crippen molar-refractivity contribution < 1.29 is 13.6 Å². The SMILES string of the molecule is O=Cc1c(Br)cc(CBr)nc1C(F)F. The largest absolute Gasteiger partial charge is 0.298 e. The first-order valence-electron chi connectivity index (χ1n) is 3.58. The topological polar surface area (TPSA) is 30.0 Å². The number of hydrogen-bond donors (Lipinski definition) is 0. The predicted octanol–water partition coefficient (Wildman–Crippen LogP) is 3.49. The van der Waals surface area contributed by atoms with Crippen molar-refractivity contribution >= 4 is 38.1 Å². The lowest BCUT2D eigenvalue weighted by Crippen LogP contribution is -2.01. The molecule has 0 amide bonds. The van der Waals surface area contributed by atoms with Crippen LogP contribution in [0.25, 0.3) is 0 Å². The maximum Gasteiger partial charge on any atom is 0.281 e. The van der Waals surface area contributed by atoms with Crippen LogP contribution in [-0.4, -0.2) is 11.3 Å². The second-order valence-corrected chi connectivity index (χ2v) is 3.86. The Balaban J connectivity index is 3.35. The average Bonchev–Trinajstić information content (AvgIpc) is 2.16. The molecule has 0 aliphatic rings. The van der Waals surface area contributed by atoms with Crippen molar-refractivity contribution in [1.82, 2.24) is 4.98 Å².